The summed E-state index contributed by atoms with van der Waals surface area (Å²) >= 11 is 0. The Labute approximate surface area is 212 Å². The number of halogens is 2. The molecule has 0 spiro atoms. The molecule has 3 heterocycles. The number of hydrogen-bond acceptors (Lipinski definition) is 7. The van der Waals surface area contributed by atoms with Crippen LogP contribution in [0.4, 0.5) is 14.5 Å². The van der Waals surface area contributed by atoms with Crippen LogP contribution in [-0.4, -0.2) is 45.9 Å². The number of benzene rings is 2. The molecule has 4 aromatic rings. The first-order valence-corrected chi connectivity index (χ1v) is 13.4. The number of alkyl halides is 2. The van der Waals surface area contributed by atoms with Crippen LogP contribution in [-0.2, 0) is 22.0 Å². The molecular weight excluding hydrogens is 504 g/mol. The van der Waals surface area contributed by atoms with Crippen LogP contribution in [0.1, 0.15) is 43.5 Å². The molecule has 0 aliphatic carbocycles. The van der Waals surface area contributed by atoms with Gasteiger partial charge in [-0.05, 0) is 50.1 Å². The van der Waals surface area contributed by atoms with Gasteiger partial charge in [-0.1, -0.05) is 12.1 Å². The van der Waals surface area contributed by atoms with E-state index in [0.29, 0.717) is 29.7 Å². The topological polar surface area (TPSA) is 119 Å². The summed E-state index contributed by atoms with van der Waals surface area (Å²) in [4.78, 5) is 13.3. The molecule has 2 N–H and O–H groups in total. The minimum Gasteiger partial charge on any atom is -0.434 e. The van der Waals surface area contributed by atoms with E-state index >= 15 is 0 Å². The Morgan fingerprint density at radius 1 is 1.16 bits per heavy atom. The maximum Gasteiger partial charge on any atom is 0.387 e. The molecule has 0 fully saturated rings. The van der Waals surface area contributed by atoms with Crippen LogP contribution in [0.5, 0.6) is 5.75 Å². The van der Waals surface area contributed by atoms with Gasteiger partial charge >= 0.3 is 6.61 Å². The summed E-state index contributed by atoms with van der Waals surface area (Å²) in [5.74, 6) is 0.947. The van der Waals surface area contributed by atoms with E-state index in [1.54, 1.807) is 26.2 Å². The van der Waals surface area contributed by atoms with Gasteiger partial charge < -0.3 is 14.4 Å². The molecule has 0 unspecified atom stereocenters. The van der Waals surface area contributed by atoms with Crippen molar-refractivity contribution in [2.75, 3.05) is 11.0 Å². The van der Waals surface area contributed by atoms with E-state index in [1.807, 2.05) is 22.8 Å². The van der Waals surface area contributed by atoms with E-state index in [0.717, 1.165) is 28.7 Å². The highest BCUT2D eigenvalue weighted by molar-refractivity contribution is 7.92. The second-order valence-electron chi connectivity index (χ2n) is 9.48. The number of anilines is 1. The summed E-state index contributed by atoms with van der Waals surface area (Å²) in [6, 6.07) is 9.54. The van der Waals surface area contributed by atoms with E-state index in [9.17, 15) is 22.3 Å². The number of aliphatic hydroxyl groups is 1. The Balaban J connectivity index is 1.63. The summed E-state index contributed by atoms with van der Waals surface area (Å²) in [6.07, 6.45) is 5.34. The number of ether oxygens (including phenoxy) is 1. The molecule has 37 heavy (non-hydrogen) atoms. The number of fused-ring (bicyclic) bond motifs is 3. The van der Waals surface area contributed by atoms with Gasteiger partial charge in [-0.25, -0.2) is 23.4 Å². The SMILES string of the molecule is CC(C)(O)c1ncc(-c2ccc3nc4n(c3c2)[C@@H](c2c(NS(C)(=O)=O)cccc2OC(F)F)CC4)cn1. The summed E-state index contributed by atoms with van der Waals surface area (Å²) in [5.41, 5.74) is 2.30. The van der Waals surface area contributed by atoms with E-state index in [4.69, 9.17) is 9.72 Å². The quantitative estimate of drug-likeness (QED) is 0.368. The Morgan fingerprint density at radius 3 is 2.54 bits per heavy atom. The number of aromatic nitrogens is 4. The van der Waals surface area contributed by atoms with Gasteiger partial charge in [0.05, 0.1) is 29.0 Å². The average Bonchev–Trinajstić information content (AvgIpc) is 3.36. The van der Waals surface area contributed by atoms with E-state index in [-0.39, 0.29) is 11.4 Å². The zero-order valence-corrected chi connectivity index (χ0v) is 21.1. The summed E-state index contributed by atoms with van der Waals surface area (Å²) in [5, 5.41) is 10.1. The van der Waals surface area contributed by atoms with Crippen molar-refractivity contribution in [3.05, 3.63) is 66.0 Å². The van der Waals surface area contributed by atoms with Crippen LogP contribution >= 0.6 is 0 Å². The van der Waals surface area contributed by atoms with Crippen LogP contribution in [0.2, 0.25) is 0 Å². The molecule has 0 saturated heterocycles. The molecule has 5 rings (SSSR count). The third kappa shape index (κ3) is 4.98. The van der Waals surface area contributed by atoms with E-state index < -0.39 is 28.3 Å². The molecule has 9 nitrogen and oxygen atoms in total. The van der Waals surface area contributed by atoms with Gasteiger partial charge in [0.2, 0.25) is 10.0 Å². The van der Waals surface area contributed by atoms with Crippen molar-refractivity contribution in [1.82, 2.24) is 19.5 Å². The van der Waals surface area contributed by atoms with Crippen molar-refractivity contribution in [3.8, 4) is 16.9 Å². The molecule has 194 valence electrons. The largest absolute Gasteiger partial charge is 0.434 e. The highest BCUT2D eigenvalue weighted by Crippen LogP contribution is 2.44. The standard InChI is InChI=1S/C25H25F2N5O4S/c1-25(2,33)23-28-12-15(13-29-23)14-7-8-16-19(11-14)32-18(9-10-21(32)30-16)22-17(31-37(3,34)35)5-4-6-20(22)36-24(26)27/h4-8,11-13,18,24,31,33H,9-10H2,1-3H3/t18-/m1/s1. The van der Waals surface area contributed by atoms with Crippen molar-refractivity contribution in [1.29, 1.82) is 0 Å². The molecule has 2 aromatic carbocycles. The van der Waals surface area contributed by atoms with Gasteiger partial charge in [0.25, 0.3) is 0 Å². The Bertz CT molecular complexity index is 1580. The number of nitrogens with one attached hydrogen (secondary N) is 1. The predicted octanol–water partition coefficient (Wildman–Crippen LogP) is 4.23. The second kappa shape index (κ2) is 9.03. The lowest BCUT2D eigenvalue weighted by atomic mass is 10.0. The van der Waals surface area contributed by atoms with Crippen molar-refractivity contribution in [3.63, 3.8) is 0 Å². The predicted molar refractivity (Wildman–Crippen MR) is 134 cm³/mol. The van der Waals surface area contributed by atoms with Gasteiger partial charge in [-0.3, -0.25) is 4.72 Å². The number of sulfonamides is 1. The molecule has 2 aromatic heterocycles. The molecule has 1 aliphatic rings. The number of rotatable bonds is 7. The van der Waals surface area contributed by atoms with Crippen LogP contribution in [0.3, 0.4) is 0 Å². The lowest BCUT2D eigenvalue weighted by Crippen LogP contribution is -2.19. The molecule has 0 radical (unpaired) electrons. The lowest BCUT2D eigenvalue weighted by molar-refractivity contribution is -0.0506. The Kier molecular flexibility index (Phi) is 6.11. The summed E-state index contributed by atoms with van der Waals surface area (Å²) in [6.45, 7) is 0.129. The van der Waals surface area contributed by atoms with Crippen molar-refractivity contribution < 1.29 is 27.0 Å². The van der Waals surface area contributed by atoms with Gasteiger partial charge in [-0.2, -0.15) is 8.78 Å². The molecule has 0 bridgehead atoms. The monoisotopic (exact) mass is 529 g/mol. The fraction of sp³-hybridized carbons (Fsp3) is 0.320. The summed E-state index contributed by atoms with van der Waals surface area (Å²) < 4.78 is 59.9. The van der Waals surface area contributed by atoms with Crippen LogP contribution in [0.15, 0.2) is 48.8 Å². The number of imidazole rings is 1. The first kappa shape index (κ1) is 25.0. The third-order valence-corrected chi connectivity index (χ3v) is 6.75. The van der Waals surface area contributed by atoms with E-state index in [2.05, 4.69) is 14.7 Å². The highest BCUT2D eigenvalue weighted by Gasteiger charge is 2.32. The Morgan fingerprint density at radius 2 is 1.89 bits per heavy atom. The maximum atomic E-state index is 13.3. The molecule has 1 atom stereocenters. The fourth-order valence-electron chi connectivity index (χ4n) is 4.68. The molecule has 12 heteroatoms. The normalized spacial score (nSPS) is 15.8. The first-order valence-electron chi connectivity index (χ1n) is 11.5. The summed E-state index contributed by atoms with van der Waals surface area (Å²) in [7, 11) is -3.69. The number of aryl methyl sites for hydroxylation is 1. The third-order valence-electron chi connectivity index (χ3n) is 6.16. The zero-order chi connectivity index (χ0) is 26.5. The van der Waals surface area contributed by atoms with Crippen LogP contribution in [0.25, 0.3) is 22.2 Å². The van der Waals surface area contributed by atoms with Gasteiger partial charge in [-0.15, -0.1) is 0 Å². The molecule has 0 amide bonds. The molecule has 0 saturated carbocycles. The fourth-order valence-corrected chi connectivity index (χ4v) is 5.26. The first-order chi connectivity index (χ1) is 17.4. The molecular formula is C25H25F2N5O4S. The van der Waals surface area contributed by atoms with E-state index in [1.165, 1.54) is 18.2 Å². The highest BCUT2D eigenvalue weighted by atomic mass is 32.2. The number of nitrogens with zero attached hydrogens (tertiary/aromatic N) is 4. The molecule has 1 aliphatic heterocycles. The Hall–Kier alpha value is -3.64. The smallest absolute Gasteiger partial charge is 0.387 e. The van der Waals surface area contributed by atoms with Crippen molar-refractivity contribution >= 4 is 26.7 Å². The van der Waals surface area contributed by atoms with Gasteiger partial charge in [0, 0.05) is 29.9 Å². The van der Waals surface area contributed by atoms with Crippen molar-refractivity contribution in [2.45, 2.75) is 44.9 Å². The van der Waals surface area contributed by atoms with Crippen LogP contribution in [0, 0.1) is 0 Å². The average molecular weight is 530 g/mol. The van der Waals surface area contributed by atoms with Gasteiger partial charge in [0.15, 0.2) is 5.82 Å². The minimum absolute atomic E-state index is 0.102. The van der Waals surface area contributed by atoms with Crippen molar-refractivity contribution in [2.24, 2.45) is 0 Å². The minimum atomic E-state index is -3.69. The maximum absolute atomic E-state index is 13.3. The van der Waals surface area contributed by atoms with Gasteiger partial charge in [0.1, 0.15) is 17.2 Å². The zero-order valence-electron chi connectivity index (χ0n) is 20.3. The number of hydrogen-bond donors (Lipinski definition) is 2. The lowest BCUT2D eigenvalue weighted by Gasteiger charge is -2.22. The second-order valence-corrected chi connectivity index (χ2v) is 11.2. The van der Waals surface area contributed by atoms with Crippen LogP contribution < -0.4 is 9.46 Å².